The fraction of sp³-hybridized carbons (Fsp3) is 0.533. The molecular formula is C15H19F2NO2S. The summed E-state index contributed by atoms with van der Waals surface area (Å²) >= 11 is 0.460. The number of halogens is 2. The molecule has 1 aliphatic rings. The van der Waals surface area contributed by atoms with Crippen LogP contribution in [0.3, 0.4) is 0 Å². The minimum atomic E-state index is -2.46. The molecule has 1 aromatic carbocycles. The summed E-state index contributed by atoms with van der Waals surface area (Å²) in [5, 5.41) is 12.3. The zero-order valence-corrected chi connectivity index (χ0v) is 12.4. The number of benzene rings is 1. The van der Waals surface area contributed by atoms with E-state index in [0.717, 1.165) is 25.7 Å². The quantitative estimate of drug-likeness (QED) is 0.820. The number of hydrogen-bond donors (Lipinski definition) is 2. The third-order valence-electron chi connectivity index (χ3n) is 3.80. The zero-order chi connectivity index (χ0) is 15.2. The highest BCUT2D eigenvalue weighted by Gasteiger charge is 2.26. The van der Waals surface area contributed by atoms with Crippen LogP contribution in [-0.2, 0) is 0 Å². The number of amides is 1. The molecule has 0 heterocycles. The van der Waals surface area contributed by atoms with E-state index in [2.05, 4.69) is 5.32 Å². The third kappa shape index (κ3) is 4.68. The second-order valence-corrected chi connectivity index (χ2v) is 6.27. The van der Waals surface area contributed by atoms with E-state index in [0.29, 0.717) is 22.2 Å². The number of rotatable bonds is 5. The van der Waals surface area contributed by atoms with E-state index < -0.39 is 5.76 Å². The van der Waals surface area contributed by atoms with Gasteiger partial charge >= 0.3 is 0 Å². The van der Waals surface area contributed by atoms with Gasteiger partial charge in [0.05, 0.1) is 0 Å². The second-order valence-electron chi connectivity index (χ2n) is 5.21. The summed E-state index contributed by atoms with van der Waals surface area (Å²) in [4.78, 5) is 12.6. The number of aliphatic hydroxyl groups is 1. The first-order chi connectivity index (χ1) is 10.1. The molecule has 2 rings (SSSR count). The Hall–Kier alpha value is -1.14. The van der Waals surface area contributed by atoms with Gasteiger partial charge in [0, 0.05) is 29.0 Å². The van der Waals surface area contributed by atoms with Crippen LogP contribution < -0.4 is 5.32 Å². The van der Waals surface area contributed by atoms with Gasteiger partial charge in [-0.05, 0) is 37.1 Å². The number of aliphatic hydroxyl groups excluding tert-OH is 1. The summed E-state index contributed by atoms with van der Waals surface area (Å²) in [6.07, 6.45) is 3.92. The van der Waals surface area contributed by atoms with Gasteiger partial charge < -0.3 is 10.4 Å². The van der Waals surface area contributed by atoms with Gasteiger partial charge in [0.25, 0.3) is 11.7 Å². The number of carbonyl (C=O) groups excluding carboxylic acids is 1. The van der Waals surface area contributed by atoms with Crippen LogP contribution in [0.2, 0.25) is 0 Å². The molecule has 3 nitrogen and oxygen atoms in total. The highest BCUT2D eigenvalue weighted by atomic mass is 32.2. The first kappa shape index (κ1) is 16.2. The minimum Gasteiger partial charge on any atom is -0.396 e. The Labute approximate surface area is 127 Å². The summed E-state index contributed by atoms with van der Waals surface area (Å²) in [6, 6.07) is 6.14. The van der Waals surface area contributed by atoms with E-state index in [1.54, 1.807) is 12.1 Å². The van der Waals surface area contributed by atoms with E-state index >= 15 is 0 Å². The standard InChI is InChI=1S/C15H19F2NO2S/c16-15(17)21-12-7-5-10(6-8-12)14(20)18-13-4-2-1-3-11(13)9-19/h5-8,11,13,15,19H,1-4,9H2,(H,18,20). The van der Waals surface area contributed by atoms with E-state index in [-0.39, 0.29) is 24.5 Å². The molecular weight excluding hydrogens is 296 g/mol. The Morgan fingerprint density at radius 1 is 1.29 bits per heavy atom. The molecule has 1 amide bonds. The molecule has 21 heavy (non-hydrogen) atoms. The monoisotopic (exact) mass is 315 g/mol. The summed E-state index contributed by atoms with van der Waals surface area (Å²) in [5.74, 6) is -2.57. The van der Waals surface area contributed by atoms with Crippen LogP contribution in [0, 0.1) is 5.92 Å². The van der Waals surface area contributed by atoms with Gasteiger partial charge in [-0.15, -0.1) is 0 Å². The Kier molecular flexibility index (Phi) is 5.99. The lowest BCUT2D eigenvalue weighted by Gasteiger charge is -2.30. The van der Waals surface area contributed by atoms with E-state index in [4.69, 9.17) is 0 Å². The number of carbonyl (C=O) groups is 1. The fourth-order valence-electron chi connectivity index (χ4n) is 2.66. The predicted octanol–water partition coefficient (Wildman–Crippen LogP) is 3.28. The van der Waals surface area contributed by atoms with Crippen molar-refractivity contribution < 1.29 is 18.7 Å². The van der Waals surface area contributed by atoms with Crippen molar-refractivity contribution in [2.45, 2.75) is 42.4 Å². The largest absolute Gasteiger partial charge is 0.396 e. The van der Waals surface area contributed by atoms with Crippen molar-refractivity contribution in [2.75, 3.05) is 6.61 Å². The molecule has 2 N–H and O–H groups in total. The first-order valence-corrected chi connectivity index (χ1v) is 7.94. The van der Waals surface area contributed by atoms with Crippen molar-refractivity contribution in [2.24, 2.45) is 5.92 Å². The minimum absolute atomic E-state index is 0.00799. The van der Waals surface area contributed by atoms with Gasteiger partial charge in [-0.3, -0.25) is 4.79 Å². The summed E-state index contributed by atoms with van der Waals surface area (Å²) < 4.78 is 24.5. The summed E-state index contributed by atoms with van der Waals surface area (Å²) in [6.45, 7) is 0.0783. The number of alkyl halides is 2. The topological polar surface area (TPSA) is 49.3 Å². The molecule has 0 bridgehead atoms. The van der Waals surface area contributed by atoms with Crippen LogP contribution in [0.1, 0.15) is 36.0 Å². The molecule has 1 fully saturated rings. The van der Waals surface area contributed by atoms with Crippen LogP contribution in [0.5, 0.6) is 0 Å². The first-order valence-electron chi connectivity index (χ1n) is 7.06. The molecule has 2 unspecified atom stereocenters. The lowest BCUT2D eigenvalue weighted by Crippen LogP contribution is -2.43. The van der Waals surface area contributed by atoms with Gasteiger partial charge in [-0.1, -0.05) is 24.6 Å². The Morgan fingerprint density at radius 2 is 1.95 bits per heavy atom. The van der Waals surface area contributed by atoms with Gasteiger partial charge in [0.1, 0.15) is 0 Å². The maximum atomic E-state index is 12.2. The Balaban J connectivity index is 1.96. The number of nitrogens with one attached hydrogen (secondary N) is 1. The molecule has 0 saturated heterocycles. The van der Waals surface area contributed by atoms with Gasteiger partial charge in [0.2, 0.25) is 0 Å². The van der Waals surface area contributed by atoms with E-state index in [9.17, 15) is 18.7 Å². The highest BCUT2D eigenvalue weighted by molar-refractivity contribution is 7.99. The van der Waals surface area contributed by atoms with Crippen LogP contribution in [0.25, 0.3) is 0 Å². The lowest BCUT2D eigenvalue weighted by molar-refractivity contribution is 0.0872. The van der Waals surface area contributed by atoms with E-state index in [1.807, 2.05) is 0 Å². The Morgan fingerprint density at radius 3 is 2.57 bits per heavy atom. The second kappa shape index (κ2) is 7.75. The molecule has 116 valence electrons. The maximum Gasteiger partial charge on any atom is 0.288 e. The van der Waals surface area contributed by atoms with Crippen molar-refractivity contribution in [1.82, 2.24) is 5.32 Å². The molecule has 2 atom stereocenters. The third-order valence-corrected chi connectivity index (χ3v) is 4.52. The van der Waals surface area contributed by atoms with Crippen LogP contribution in [0.4, 0.5) is 8.78 Å². The van der Waals surface area contributed by atoms with Crippen LogP contribution in [-0.4, -0.2) is 29.4 Å². The van der Waals surface area contributed by atoms with Crippen molar-refractivity contribution in [3.05, 3.63) is 29.8 Å². The number of hydrogen-bond acceptors (Lipinski definition) is 3. The van der Waals surface area contributed by atoms with Crippen molar-refractivity contribution in [1.29, 1.82) is 0 Å². The van der Waals surface area contributed by atoms with Crippen molar-refractivity contribution in [3.63, 3.8) is 0 Å². The maximum absolute atomic E-state index is 12.2. The molecule has 0 radical (unpaired) electrons. The summed E-state index contributed by atoms with van der Waals surface area (Å²) in [7, 11) is 0. The molecule has 6 heteroatoms. The van der Waals surface area contributed by atoms with Gasteiger partial charge in [-0.2, -0.15) is 8.78 Å². The van der Waals surface area contributed by atoms with Crippen molar-refractivity contribution >= 4 is 17.7 Å². The average Bonchev–Trinajstić information content (AvgIpc) is 2.48. The smallest absolute Gasteiger partial charge is 0.288 e. The van der Waals surface area contributed by atoms with Gasteiger partial charge in [0.15, 0.2) is 0 Å². The van der Waals surface area contributed by atoms with Crippen LogP contribution in [0.15, 0.2) is 29.2 Å². The van der Waals surface area contributed by atoms with Crippen LogP contribution >= 0.6 is 11.8 Å². The molecule has 0 aliphatic heterocycles. The highest BCUT2D eigenvalue weighted by Crippen LogP contribution is 2.26. The van der Waals surface area contributed by atoms with E-state index in [1.165, 1.54) is 12.1 Å². The summed E-state index contributed by atoms with van der Waals surface area (Å²) in [5.41, 5.74) is 0.455. The fourth-order valence-corrected chi connectivity index (χ4v) is 3.15. The number of thioether (sulfide) groups is 1. The SMILES string of the molecule is O=C(NC1CCCCC1CO)c1ccc(SC(F)F)cc1. The Bertz CT molecular complexity index is 467. The molecule has 0 spiro atoms. The lowest BCUT2D eigenvalue weighted by atomic mass is 9.85. The normalized spacial score (nSPS) is 22.3. The molecule has 1 aromatic rings. The predicted molar refractivity (Wildman–Crippen MR) is 78.6 cm³/mol. The molecule has 0 aromatic heterocycles. The zero-order valence-electron chi connectivity index (χ0n) is 11.6. The molecule has 1 aliphatic carbocycles. The molecule has 1 saturated carbocycles. The van der Waals surface area contributed by atoms with Gasteiger partial charge in [-0.25, -0.2) is 0 Å². The van der Waals surface area contributed by atoms with Crippen molar-refractivity contribution in [3.8, 4) is 0 Å². The average molecular weight is 315 g/mol.